The van der Waals surface area contributed by atoms with Gasteiger partial charge in [0.25, 0.3) is 0 Å². The zero-order valence-electron chi connectivity index (χ0n) is 11.1. The van der Waals surface area contributed by atoms with Gasteiger partial charge in [-0.1, -0.05) is 25.5 Å². The number of amides is 1. The monoisotopic (exact) mass is 261 g/mol. The van der Waals surface area contributed by atoms with Crippen molar-refractivity contribution in [3.05, 3.63) is 29.8 Å². The Morgan fingerprint density at radius 3 is 2.74 bits per heavy atom. The second-order valence-corrected chi connectivity index (χ2v) is 4.92. The first-order valence-corrected chi connectivity index (χ1v) is 6.71. The Bertz CT molecular complexity index is 484. The van der Waals surface area contributed by atoms with Gasteiger partial charge < -0.3 is 10.5 Å². The predicted molar refractivity (Wildman–Crippen MR) is 72.0 cm³/mol. The number of rotatable bonds is 5. The molecule has 1 aliphatic rings. The lowest BCUT2D eigenvalue weighted by Crippen LogP contribution is -2.38. The summed E-state index contributed by atoms with van der Waals surface area (Å²) in [6, 6.07) is 7.28. The number of hydrogen-bond acceptors (Lipinski definition) is 3. The largest absolute Gasteiger partial charge is 0.489 e. The fourth-order valence-corrected chi connectivity index (χ4v) is 2.55. The Hall–Kier alpha value is -1.84. The minimum atomic E-state index is -0.373. The van der Waals surface area contributed by atoms with E-state index in [0.29, 0.717) is 17.7 Å². The van der Waals surface area contributed by atoms with Crippen molar-refractivity contribution in [1.29, 1.82) is 0 Å². The molecule has 0 saturated heterocycles. The number of benzene rings is 1. The minimum Gasteiger partial charge on any atom is -0.489 e. The van der Waals surface area contributed by atoms with Gasteiger partial charge >= 0.3 is 0 Å². The lowest BCUT2D eigenvalue weighted by molar-refractivity contribution is -0.118. The maximum atomic E-state index is 12.5. The molecule has 0 radical (unpaired) electrons. The Labute approximate surface area is 112 Å². The van der Waals surface area contributed by atoms with Crippen LogP contribution in [0.15, 0.2) is 24.3 Å². The van der Waals surface area contributed by atoms with Gasteiger partial charge in [-0.15, -0.1) is 0 Å². The summed E-state index contributed by atoms with van der Waals surface area (Å²) in [5.74, 6) is 0.0899. The topological polar surface area (TPSA) is 69.4 Å². The van der Waals surface area contributed by atoms with Gasteiger partial charge in [-0.25, -0.2) is 0 Å². The van der Waals surface area contributed by atoms with Crippen molar-refractivity contribution in [2.75, 3.05) is 0 Å². The van der Waals surface area contributed by atoms with Crippen molar-refractivity contribution < 1.29 is 14.3 Å². The molecule has 102 valence electrons. The normalized spacial score (nSPS) is 21.6. The smallest absolute Gasteiger partial charge is 0.217 e. The van der Waals surface area contributed by atoms with Crippen LogP contribution in [0.2, 0.25) is 0 Å². The number of para-hydroxylation sites is 1. The molecule has 1 aliphatic heterocycles. The molecular weight excluding hydrogens is 242 g/mol. The Morgan fingerprint density at radius 1 is 1.32 bits per heavy atom. The van der Waals surface area contributed by atoms with Crippen LogP contribution in [0.3, 0.4) is 0 Å². The summed E-state index contributed by atoms with van der Waals surface area (Å²) < 4.78 is 5.91. The van der Waals surface area contributed by atoms with E-state index in [-0.39, 0.29) is 30.1 Å². The van der Waals surface area contributed by atoms with Crippen LogP contribution in [-0.4, -0.2) is 17.8 Å². The van der Waals surface area contributed by atoms with Crippen LogP contribution in [0.1, 0.15) is 43.0 Å². The van der Waals surface area contributed by atoms with Gasteiger partial charge in [-0.3, -0.25) is 9.59 Å². The fraction of sp³-hybridized carbons (Fsp3) is 0.467. The van der Waals surface area contributed by atoms with E-state index >= 15 is 0 Å². The second kappa shape index (κ2) is 5.87. The van der Waals surface area contributed by atoms with Crippen molar-refractivity contribution in [1.82, 2.24) is 0 Å². The molecular formula is C15H19NO3. The number of carbonyl (C=O) groups is 2. The molecule has 1 heterocycles. The summed E-state index contributed by atoms with van der Waals surface area (Å²) in [5, 5.41) is 0. The van der Waals surface area contributed by atoms with Crippen LogP contribution >= 0.6 is 0 Å². The number of Topliss-reactive ketones (excluding diaryl/α,β-unsaturated/α-hetero) is 1. The van der Waals surface area contributed by atoms with E-state index in [1.165, 1.54) is 0 Å². The predicted octanol–water partition coefficient (Wildman–Crippen LogP) is 2.31. The average molecular weight is 261 g/mol. The third kappa shape index (κ3) is 2.95. The molecule has 0 fully saturated rings. The molecule has 0 aromatic heterocycles. The number of primary amides is 1. The van der Waals surface area contributed by atoms with E-state index in [4.69, 9.17) is 10.5 Å². The third-order valence-electron chi connectivity index (χ3n) is 3.49. The molecule has 0 aliphatic carbocycles. The van der Waals surface area contributed by atoms with Crippen LogP contribution in [0, 0.1) is 5.92 Å². The number of ketones is 1. The minimum absolute atomic E-state index is 0.0709. The Morgan fingerprint density at radius 2 is 2.05 bits per heavy atom. The molecule has 4 heteroatoms. The molecule has 19 heavy (non-hydrogen) atoms. The maximum Gasteiger partial charge on any atom is 0.217 e. The summed E-state index contributed by atoms with van der Waals surface area (Å²) in [5.41, 5.74) is 5.79. The third-order valence-corrected chi connectivity index (χ3v) is 3.49. The lowest BCUT2D eigenvalue weighted by Gasteiger charge is -2.32. The van der Waals surface area contributed by atoms with Crippen LogP contribution in [0.25, 0.3) is 0 Å². The van der Waals surface area contributed by atoms with Crippen LogP contribution in [0.5, 0.6) is 5.75 Å². The first-order valence-electron chi connectivity index (χ1n) is 6.71. The standard InChI is InChI=1S/C15H19NO3/c1-2-5-12-11(8-9-14(16)17)15(18)10-6-3-4-7-13(10)19-12/h3-4,6-7,11-12H,2,5,8-9H2,1H3,(H2,16,17). The zero-order valence-corrected chi connectivity index (χ0v) is 11.1. The van der Waals surface area contributed by atoms with Gasteiger partial charge in [0.05, 0.1) is 11.5 Å². The van der Waals surface area contributed by atoms with E-state index in [9.17, 15) is 9.59 Å². The molecule has 0 spiro atoms. The molecule has 2 unspecified atom stereocenters. The number of hydrogen-bond donors (Lipinski definition) is 1. The summed E-state index contributed by atoms with van der Waals surface area (Å²) in [7, 11) is 0. The maximum absolute atomic E-state index is 12.5. The molecule has 2 atom stereocenters. The fourth-order valence-electron chi connectivity index (χ4n) is 2.55. The van der Waals surface area contributed by atoms with Gasteiger partial charge in [0.1, 0.15) is 11.9 Å². The van der Waals surface area contributed by atoms with E-state index in [1.54, 1.807) is 6.07 Å². The molecule has 1 amide bonds. The van der Waals surface area contributed by atoms with E-state index < -0.39 is 0 Å². The number of ether oxygens (including phenoxy) is 1. The zero-order chi connectivity index (χ0) is 13.8. The summed E-state index contributed by atoms with van der Waals surface area (Å²) in [6.07, 6.45) is 2.29. The summed E-state index contributed by atoms with van der Waals surface area (Å²) in [6.45, 7) is 2.06. The molecule has 0 saturated carbocycles. The SMILES string of the molecule is CCCC1Oc2ccccc2C(=O)C1CCC(N)=O. The highest BCUT2D eigenvalue weighted by Gasteiger charge is 2.36. The van der Waals surface area contributed by atoms with Crippen LogP contribution in [-0.2, 0) is 4.79 Å². The van der Waals surface area contributed by atoms with Crippen molar-refractivity contribution in [2.45, 2.75) is 38.7 Å². The van der Waals surface area contributed by atoms with Crippen molar-refractivity contribution in [3.63, 3.8) is 0 Å². The average Bonchev–Trinajstić information content (AvgIpc) is 2.38. The lowest BCUT2D eigenvalue weighted by atomic mass is 9.84. The van der Waals surface area contributed by atoms with Crippen molar-refractivity contribution in [3.8, 4) is 5.75 Å². The summed E-state index contributed by atoms with van der Waals surface area (Å²) in [4.78, 5) is 23.4. The van der Waals surface area contributed by atoms with E-state index in [1.807, 2.05) is 18.2 Å². The highest BCUT2D eigenvalue weighted by molar-refractivity contribution is 6.01. The van der Waals surface area contributed by atoms with Gasteiger partial charge in [0.15, 0.2) is 5.78 Å². The van der Waals surface area contributed by atoms with Crippen molar-refractivity contribution >= 4 is 11.7 Å². The van der Waals surface area contributed by atoms with E-state index in [2.05, 4.69) is 6.92 Å². The number of nitrogens with two attached hydrogens (primary N) is 1. The van der Waals surface area contributed by atoms with Gasteiger partial charge in [0.2, 0.25) is 5.91 Å². The first kappa shape index (κ1) is 13.6. The number of fused-ring (bicyclic) bond motifs is 1. The first-order chi connectivity index (χ1) is 9.13. The molecule has 1 aromatic rings. The quantitative estimate of drug-likeness (QED) is 0.884. The van der Waals surface area contributed by atoms with Crippen molar-refractivity contribution in [2.24, 2.45) is 11.7 Å². The van der Waals surface area contributed by atoms with Gasteiger partial charge in [-0.2, -0.15) is 0 Å². The molecule has 4 nitrogen and oxygen atoms in total. The number of carbonyl (C=O) groups excluding carboxylic acids is 2. The molecule has 2 rings (SSSR count). The summed E-state index contributed by atoms with van der Waals surface area (Å²) >= 11 is 0. The van der Waals surface area contributed by atoms with Crippen LogP contribution < -0.4 is 10.5 Å². The highest BCUT2D eigenvalue weighted by atomic mass is 16.5. The van der Waals surface area contributed by atoms with E-state index in [0.717, 1.165) is 12.8 Å². The highest BCUT2D eigenvalue weighted by Crippen LogP contribution is 2.34. The molecule has 0 bridgehead atoms. The molecule has 1 aromatic carbocycles. The van der Waals surface area contributed by atoms with Gasteiger partial charge in [0, 0.05) is 6.42 Å². The van der Waals surface area contributed by atoms with Crippen LogP contribution in [0.4, 0.5) is 0 Å². The second-order valence-electron chi connectivity index (χ2n) is 4.92. The Kier molecular flexibility index (Phi) is 4.20. The molecule has 2 N–H and O–H groups in total. The van der Waals surface area contributed by atoms with Gasteiger partial charge in [-0.05, 0) is 25.0 Å². The Balaban J connectivity index is 2.23.